The number of aryl methyl sites for hydroxylation is 1. The van der Waals surface area contributed by atoms with Gasteiger partial charge in [-0.1, -0.05) is 24.3 Å². The first-order valence-electron chi connectivity index (χ1n) is 9.44. The second kappa shape index (κ2) is 7.88. The molecular weight excluding hydrogens is 407 g/mol. The summed E-state index contributed by atoms with van der Waals surface area (Å²) in [5.41, 5.74) is 3.58. The molecule has 0 unspecified atom stereocenters. The predicted octanol–water partition coefficient (Wildman–Crippen LogP) is 5.07. The lowest BCUT2D eigenvalue weighted by Crippen LogP contribution is -2.12. The fourth-order valence-corrected chi connectivity index (χ4v) is 3.34. The molecule has 4 aromatic rings. The molecule has 158 valence electrons. The number of fused-ring (bicyclic) bond motifs is 1. The summed E-state index contributed by atoms with van der Waals surface area (Å²) in [6.07, 6.45) is -2.69. The van der Waals surface area contributed by atoms with Gasteiger partial charge in [-0.3, -0.25) is 9.20 Å². The highest BCUT2D eigenvalue weighted by molar-refractivity contribution is 6.04. The van der Waals surface area contributed by atoms with E-state index in [0.717, 1.165) is 12.1 Å². The molecule has 2 aromatic carbocycles. The second-order valence-electron chi connectivity index (χ2n) is 7.05. The molecule has 4 rings (SSSR count). The van der Waals surface area contributed by atoms with Crippen LogP contribution in [0.1, 0.15) is 27.3 Å². The monoisotopic (exact) mass is 425 g/mol. The zero-order valence-electron chi connectivity index (χ0n) is 16.4. The van der Waals surface area contributed by atoms with Crippen molar-refractivity contribution in [3.63, 3.8) is 0 Å². The molecule has 0 saturated heterocycles. The summed E-state index contributed by atoms with van der Waals surface area (Å²) < 4.78 is 39.9. The van der Waals surface area contributed by atoms with Crippen LogP contribution >= 0.6 is 0 Å². The Kier molecular flexibility index (Phi) is 5.24. The third kappa shape index (κ3) is 4.15. The standard InChI is InChI=1S/C23H18F3N3O2/c1-14-20(13-30)29-12-19(10-11-21(29)27-14)28-22(31)17-4-2-15(3-5-17)16-6-8-18(9-7-16)23(24,25)26/h2-12,30H,13H2,1H3,(H,28,31). The van der Waals surface area contributed by atoms with Crippen molar-refractivity contribution in [1.82, 2.24) is 9.38 Å². The van der Waals surface area contributed by atoms with Crippen LogP contribution in [0, 0.1) is 6.92 Å². The maximum Gasteiger partial charge on any atom is 0.416 e. The fourth-order valence-electron chi connectivity index (χ4n) is 3.34. The highest BCUT2D eigenvalue weighted by Crippen LogP contribution is 2.31. The Morgan fingerprint density at radius 2 is 1.61 bits per heavy atom. The minimum absolute atomic E-state index is 0.171. The number of rotatable bonds is 4. The first-order valence-corrected chi connectivity index (χ1v) is 9.44. The molecule has 0 radical (unpaired) electrons. The van der Waals surface area contributed by atoms with Gasteiger partial charge >= 0.3 is 6.18 Å². The number of aromatic nitrogens is 2. The molecule has 0 atom stereocenters. The SMILES string of the molecule is Cc1nc2ccc(NC(=O)c3ccc(-c4ccc(C(F)(F)F)cc4)cc3)cn2c1CO. The van der Waals surface area contributed by atoms with Gasteiger partial charge in [0.15, 0.2) is 0 Å². The maximum atomic E-state index is 12.7. The van der Waals surface area contributed by atoms with E-state index in [-0.39, 0.29) is 12.5 Å². The third-order valence-corrected chi connectivity index (χ3v) is 5.02. The van der Waals surface area contributed by atoms with E-state index >= 15 is 0 Å². The summed E-state index contributed by atoms with van der Waals surface area (Å²) in [7, 11) is 0. The fraction of sp³-hybridized carbons (Fsp3) is 0.130. The highest BCUT2D eigenvalue weighted by atomic mass is 19.4. The van der Waals surface area contributed by atoms with Crippen LogP contribution in [0.3, 0.4) is 0 Å². The van der Waals surface area contributed by atoms with Gasteiger partial charge in [0, 0.05) is 11.8 Å². The summed E-state index contributed by atoms with van der Waals surface area (Å²) in [5, 5.41) is 12.3. The van der Waals surface area contributed by atoms with Crippen LogP contribution in [0.4, 0.5) is 18.9 Å². The van der Waals surface area contributed by atoms with Crippen LogP contribution < -0.4 is 5.32 Å². The molecule has 0 aliphatic rings. The van der Waals surface area contributed by atoms with Gasteiger partial charge in [0.2, 0.25) is 0 Å². The molecule has 8 heteroatoms. The van der Waals surface area contributed by atoms with Crippen molar-refractivity contribution in [1.29, 1.82) is 0 Å². The largest absolute Gasteiger partial charge is 0.416 e. The van der Waals surface area contributed by atoms with Gasteiger partial charge in [-0.2, -0.15) is 13.2 Å². The van der Waals surface area contributed by atoms with Gasteiger partial charge in [0.1, 0.15) is 5.65 Å². The molecular formula is C23H18F3N3O2. The predicted molar refractivity (Wildman–Crippen MR) is 111 cm³/mol. The number of aliphatic hydroxyl groups excluding tert-OH is 1. The van der Waals surface area contributed by atoms with Crippen molar-refractivity contribution in [2.75, 3.05) is 5.32 Å². The first kappa shape index (κ1) is 20.6. The van der Waals surface area contributed by atoms with Crippen LogP contribution in [0.5, 0.6) is 0 Å². The number of nitrogens with zero attached hydrogens (tertiary/aromatic N) is 2. The minimum Gasteiger partial charge on any atom is -0.390 e. The van der Waals surface area contributed by atoms with Gasteiger partial charge in [-0.15, -0.1) is 0 Å². The Hall–Kier alpha value is -3.65. The van der Waals surface area contributed by atoms with Crippen LogP contribution in [-0.4, -0.2) is 20.4 Å². The Morgan fingerprint density at radius 3 is 2.19 bits per heavy atom. The Morgan fingerprint density at radius 1 is 1.00 bits per heavy atom. The number of imidazole rings is 1. The van der Waals surface area contributed by atoms with Crippen molar-refractivity contribution in [2.45, 2.75) is 19.7 Å². The van der Waals surface area contributed by atoms with E-state index in [0.29, 0.717) is 39.4 Å². The highest BCUT2D eigenvalue weighted by Gasteiger charge is 2.29. The number of carbonyl (C=O) groups excluding carboxylic acids is 1. The number of carbonyl (C=O) groups is 1. The van der Waals surface area contributed by atoms with Crippen LogP contribution in [-0.2, 0) is 12.8 Å². The van der Waals surface area contributed by atoms with E-state index in [9.17, 15) is 23.1 Å². The Labute approximate surface area is 175 Å². The summed E-state index contributed by atoms with van der Waals surface area (Å²) in [4.78, 5) is 16.9. The zero-order chi connectivity index (χ0) is 22.2. The maximum absolute atomic E-state index is 12.7. The molecule has 2 heterocycles. The quantitative estimate of drug-likeness (QED) is 0.480. The van der Waals surface area contributed by atoms with Crippen molar-refractivity contribution in [2.24, 2.45) is 0 Å². The van der Waals surface area contributed by atoms with Gasteiger partial charge in [-0.05, 0) is 54.4 Å². The molecule has 0 fully saturated rings. The van der Waals surface area contributed by atoms with Crippen molar-refractivity contribution in [3.05, 3.63) is 89.4 Å². The van der Waals surface area contributed by atoms with Gasteiger partial charge < -0.3 is 10.4 Å². The molecule has 2 N–H and O–H groups in total. The molecule has 2 aromatic heterocycles. The zero-order valence-corrected chi connectivity index (χ0v) is 16.4. The Bertz CT molecular complexity index is 1240. The summed E-state index contributed by atoms with van der Waals surface area (Å²) >= 11 is 0. The average molecular weight is 425 g/mol. The topological polar surface area (TPSA) is 66.6 Å². The van der Waals surface area contributed by atoms with Crippen LogP contribution in [0.15, 0.2) is 66.9 Å². The second-order valence-corrected chi connectivity index (χ2v) is 7.05. The van der Waals surface area contributed by atoms with E-state index in [2.05, 4.69) is 10.3 Å². The van der Waals surface area contributed by atoms with Gasteiger partial charge in [0.25, 0.3) is 5.91 Å². The molecule has 31 heavy (non-hydrogen) atoms. The van der Waals surface area contributed by atoms with E-state index in [1.807, 2.05) is 0 Å². The minimum atomic E-state index is -4.38. The van der Waals surface area contributed by atoms with E-state index < -0.39 is 11.7 Å². The number of amides is 1. The molecule has 0 aliphatic heterocycles. The van der Waals surface area contributed by atoms with Gasteiger partial charge in [-0.25, -0.2) is 4.98 Å². The summed E-state index contributed by atoms with van der Waals surface area (Å²) in [6.45, 7) is 1.63. The van der Waals surface area contributed by atoms with Gasteiger partial charge in [0.05, 0.1) is 29.2 Å². The number of nitrogens with one attached hydrogen (secondary N) is 1. The van der Waals surface area contributed by atoms with Crippen molar-refractivity contribution < 1.29 is 23.1 Å². The van der Waals surface area contributed by atoms with Crippen LogP contribution in [0.2, 0.25) is 0 Å². The lowest BCUT2D eigenvalue weighted by atomic mass is 10.0. The first-order chi connectivity index (χ1) is 14.8. The number of halogens is 3. The number of hydrogen-bond acceptors (Lipinski definition) is 3. The third-order valence-electron chi connectivity index (χ3n) is 5.02. The summed E-state index contributed by atoms with van der Waals surface area (Å²) in [6, 6.07) is 14.9. The lowest BCUT2D eigenvalue weighted by Gasteiger charge is -2.09. The number of alkyl halides is 3. The Balaban J connectivity index is 1.51. The van der Waals surface area contributed by atoms with E-state index in [4.69, 9.17) is 0 Å². The molecule has 5 nitrogen and oxygen atoms in total. The molecule has 1 amide bonds. The molecule has 0 aliphatic carbocycles. The summed E-state index contributed by atoms with van der Waals surface area (Å²) in [5.74, 6) is -0.333. The molecule has 0 spiro atoms. The number of anilines is 1. The van der Waals surface area contributed by atoms with Crippen molar-refractivity contribution >= 4 is 17.2 Å². The lowest BCUT2D eigenvalue weighted by molar-refractivity contribution is -0.137. The number of pyridine rings is 1. The van der Waals surface area contributed by atoms with E-state index in [1.165, 1.54) is 12.1 Å². The molecule has 0 bridgehead atoms. The number of aliphatic hydroxyl groups is 1. The molecule has 0 saturated carbocycles. The van der Waals surface area contributed by atoms with Crippen molar-refractivity contribution in [3.8, 4) is 11.1 Å². The van der Waals surface area contributed by atoms with E-state index in [1.54, 1.807) is 53.9 Å². The van der Waals surface area contributed by atoms with Crippen LogP contribution in [0.25, 0.3) is 16.8 Å². The average Bonchev–Trinajstić information content (AvgIpc) is 3.07. The normalized spacial score (nSPS) is 11.6. The number of hydrogen-bond donors (Lipinski definition) is 2. The number of benzene rings is 2. The smallest absolute Gasteiger partial charge is 0.390 e.